The van der Waals surface area contributed by atoms with Crippen LogP contribution in [0, 0.1) is 5.92 Å². The molecule has 0 unspecified atom stereocenters. The van der Waals surface area contributed by atoms with Crippen LogP contribution in [0.15, 0.2) is 34.9 Å². The van der Waals surface area contributed by atoms with Gasteiger partial charge in [-0.3, -0.25) is 9.59 Å². The van der Waals surface area contributed by atoms with E-state index in [1.165, 1.54) is 6.42 Å². The minimum atomic E-state index is -0.0645. The van der Waals surface area contributed by atoms with Crippen LogP contribution in [-0.2, 0) is 9.59 Å². The van der Waals surface area contributed by atoms with Gasteiger partial charge in [0.25, 0.3) is 0 Å². The number of carbonyl (C=O) groups excluding carboxylic acids is 2. The number of amides is 2. The molecule has 3 rings (SSSR count). The van der Waals surface area contributed by atoms with Gasteiger partial charge in [0.1, 0.15) is 18.2 Å². The summed E-state index contributed by atoms with van der Waals surface area (Å²) in [6, 6.07) is 7.44. The third-order valence-corrected chi connectivity index (χ3v) is 6.26. The molecule has 2 amide bonds. The number of hydrogen-bond acceptors (Lipinski definition) is 8. The van der Waals surface area contributed by atoms with Gasteiger partial charge in [-0.2, -0.15) is 4.98 Å². The molecular formula is C24H34BrN7O3. The van der Waals surface area contributed by atoms with E-state index < -0.39 is 0 Å². The molecule has 2 aromatic rings. The Balaban J connectivity index is 1.41. The molecule has 1 saturated carbocycles. The summed E-state index contributed by atoms with van der Waals surface area (Å²) < 4.78 is 6.42. The first-order valence-corrected chi connectivity index (χ1v) is 12.7. The molecule has 0 bridgehead atoms. The summed E-state index contributed by atoms with van der Waals surface area (Å²) >= 11 is 3.49. The minimum Gasteiger partial charge on any atom is -0.492 e. The highest BCUT2D eigenvalue weighted by molar-refractivity contribution is 9.10. The molecule has 0 atom stereocenters. The number of likely N-dealkylation sites (N-methyl/N-ethyl adjacent to an activating group) is 1. The number of nitrogens with zero attached hydrogens (tertiary/aromatic N) is 3. The summed E-state index contributed by atoms with van der Waals surface area (Å²) in [5, 5.41) is 12.1. The van der Waals surface area contributed by atoms with E-state index >= 15 is 0 Å². The Kier molecular flexibility index (Phi) is 10.5. The molecule has 1 aromatic heterocycles. The number of benzene rings is 1. The second-order valence-electron chi connectivity index (χ2n) is 8.44. The largest absolute Gasteiger partial charge is 0.492 e. The monoisotopic (exact) mass is 547 g/mol. The van der Waals surface area contributed by atoms with E-state index in [1.54, 1.807) is 13.2 Å². The predicted molar refractivity (Wildman–Crippen MR) is 140 cm³/mol. The Hall–Kier alpha value is -2.92. The first-order chi connectivity index (χ1) is 17.0. The van der Waals surface area contributed by atoms with Gasteiger partial charge in [0.2, 0.25) is 17.8 Å². The maximum atomic E-state index is 12.2. The summed E-state index contributed by atoms with van der Waals surface area (Å²) in [6.07, 6.45) is 5.74. The van der Waals surface area contributed by atoms with Crippen LogP contribution in [0.2, 0.25) is 0 Å². The van der Waals surface area contributed by atoms with Crippen molar-refractivity contribution in [3.05, 3.63) is 34.9 Å². The van der Waals surface area contributed by atoms with Crippen LogP contribution in [0.1, 0.15) is 25.7 Å². The first-order valence-electron chi connectivity index (χ1n) is 11.9. The van der Waals surface area contributed by atoms with Crippen LogP contribution < -0.4 is 26.0 Å². The highest BCUT2D eigenvalue weighted by atomic mass is 79.9. The Bertz CT molecular complexity index is 970. The third kappa shape index (κ3) is 8.66. The summed E-state index contributed by atoms with van der Waals surface area (Å²) in [5.41, 5.74) is 0.823. The van der Waals surface area contributed by atoms with Gasteiger partial charge >= 0.3 is 0 Å². The van der Waals surface area contributed by atoms with Crippen molar-refractivity contribution >= 4 is 45.2 Å². The standard InChI is InChI=1S/C24H34BrN7O3/c1-26-16-21(33)27-12-14-35-19-9-7-18(8-10-19)30-24-29-15-20(25)22(31-24)28-11-4-13-32(2)23(34)17-5-3-6-17/h7-10,15,17,26H,3-6,11-14,16H2,1-2H3,(H,27,33)(H2,28,29,30,31). The van der Waals surface area contributed by atoms with E-state index in [-0.39, 0.29) is 24.3 Å². The van der Waals surface area contributed by atoms with Gasteiger partial charge in [-0.1, -0.05) is 6.42 Å². The average molecular weight is 548 g/mol. The molecule has 0 spiro atoms. The Morgan fingerprint density at radius 3 is 2.66 bits per heavy atom. The highest BCUT2D eigenvalue weighted by Crippen LogP contribution is 2.28. The van der Waals surface area contributed by atoms with Crippen molar-refractivity contribution in [3.8, 4) is 5.75 Å². The zero-order chi connectivity index (χ0) is 25.0. The third-order valence-electron chi connectivity index (χ3n) is 5.68. The van der Waals surface area contributed by atoms with Gasteiger partial charge in [0, 0.05) is 37.9 Å². The van der Waals surface area contributed by atoms with Crippen molar-refractivity contribution in [3.63, 3.8) is 0 Å². The van der Waals surface area contributed by atoms with Crippen molar-refractivity contribution < 1.29 is 14.3 Å². The van der Waals surface area contributed by atoms with Crippen LogP contribution >= 0.6 is 15.9 Å². The second kappa shape index (κ2) is 13.8. The van der Waals surface area contributed by atoms with Crippen molar-refractivity contribution in [2.75, 3.05) is 57.5 Å². The lowest BCUT2D eigenvalue weighted by Crippen LogP contribution is -2.37. The number of carbonyl (C=O) groups is 2. The maximum Gasteiger partial charge on any atom is 0.234 e. The number of nitrogens with one attached hydrogen (secondary N) is 4. The molecule has 0 radical (unpaired) electrons. The summed E-state index contributed by atoms with van der Waals surface area (Å²) in [4.78, 5) is 34.4. The lowest BCUT2D eigenvalue weighted by Gasteiger charge is -2.29. The lowest BCUT2D eigenvalue weighted by atomic mass is 9.84. The fourth-order valence-corrected chi connectivity index (χ4v) is 3.83. The highest BCUT2D eigenvalue weighted by Gasteiger charge is 2.27. The summed E-state index contributed by atoms with van der Waals surface area (Å²) in [5.74, 6) is 2.29. The summed E-state index contributed by atoms with van der Waals surface area (Å²) in [7, 11) is 3.60. The van der Waals surface area contributed by atoms with Crippen molar-refractivity contribution in [1.29, 1.82) is 0 Å². The van der Waals surface area contributed by atoms with Crippen LogP contribution in [0.5, 0.6) is 5.75 Å². The van der Waals surface area contributed by atoms with Crippen LogP contribution in [0.4, 0.5) is 17.5 Å². The molecule has 35 heavy (non-hydrogen) atoms. The van der Waals surface area contributed by atoms with E-state index in [1.807, 2.05) is 36.2 Å². The average Bonchev–Trinajstić information content (AvgIpc) is 2.81. The predicted octanol–water partition coefficient (Wildman–Crippen LogP) is 2.76. The fourth-order valence-electron chi connectivity index (χ4n) is 3.50. The minimum absolute atomic E-state index is 0.0645. The number of halogens is 1. The number of rotatable bonds is 14. The van der Waals surface area contributed by atoms with Gasteiger partial charge in [-0.25, -0.2) is 4.98 Å². The molecule has 190 valence electrons. The number of hydrogen-bond donors (Lipinski definition) is 4. The van der Waals surface area contributed by atoms with Gasteiger partial charge in [-0.15, -0.1) is 0 Å². The van der Waals surface area contributed by atoms with Crippen molar-refractivity contribution in [1.82, 2.24) is 25.5 Å². The molecule has 1 aromatic carbocycles. The molecular weight excluding hydrogens is 514 g/mol. The normalized spacial score (nSPS) is 13.0. The van der Waals surface area contributed by atoms with Gasteiger partial charge in [-0.05, 0) is 66.5 Å². The van der Waals surface area contributed by atoms with Gasteiger partial charge in [0.15, 0.2) is 0 Å². The molecule has 4 N–H and O–H groups in total. The van der Waals surface area contributed by atoms with Crippen LogP contribution in [-0.4, -0.2) is 73.6 Å². The molecule has 11 heteroatoms. The lowest BCUT2D eigenvalue weighted by molar-refractivity contribution is -0.136. The second-order valence-corrected chi connectivity index (χ2v) is 9.29. The van der Waals surface area contributed by atoms with Gasteiger partial charge in [0.05, 0.1) is 17.6 Å². The molecule has 1 aliphatic carbocycles. The van der Waals surface area contributed by atoms with Crippen molar-refractivity contribution in [2.24, 2.45) is 5.92 Å². The molecule has 1 fully saturated rings. The SMILES string of the molecule is CNCC(=O)NCCOc1ccc(Nc2ncc(Br)c(NCCCN(C)C(=O)C3CCC3)n2)cc1. The maximum absolute atomic E-state index is 12.2. The van der Waals surface area contributed by atoms with Crippen LogP contribution in [0.3, 0.4) is 0 Å². The molecule has 0 aliphatic heterocycles. The van der Waals surface area contributed by atoms with E-state index in [2.05, 4.69) is 47.2 Å². The first kappa shape index (κ1) is 26.7. The molecule has 1 heterocycles. The topological polar surface area (TPSA) is 121 Å². The van der Waals surface area contributed by atoms with E-state index in [9.17, 15) is 9.59 Å². The quantitative estimate of drug-likeness (QED) is 0.266. The van der Waals surface area contributed by atoms with Crippen LogP contribution in [0.25, 0.3) is 0 Å². The molecule has 0 saturated heterocycles. The zero-order valence-corrected chi connectivity index (χ0v) is 21.9. The van der Waals surface area contributed by atoms with E-state index in [4.69, 9.17) is 4.74 Å². The van der Waals surface area contributed by atoms with E-state index in [0.717, 1.165) is 29.4 Å². The number of aromatic nitrogens is 2. The zero-order valence-electron chi connectivity index (χ0n) is 20.3. The Morgan fingerprint density at radius 1 is 1.20 bits per heavy atom. The number of ether oxygens (including phenoxy) is 1. The Labute approximate surface area is 214 Å². The molecule has 1 aliphatic rings. The smallest absolute Gasteiger partial charge is 0.234 e. The van der Waals surface area contributed by atoms with Gasteiger partial charge < -0.3 is 30.9 Å². The fraction of sp³-hybridized carbons (Fsp3) is 0.500. The Morgan fingerprint density at radius 2 is 1.97 bits per heavy atom. The number of anilines is 3. The summed E-state index contributed by atoms with van der Waals surface area (Å²) in [6.45, 7) is 2.52. The van der Waals surface area contributed by atoms with Crippen molar-refractivity contribution in [2.45, 2.75) is 25.7 Å². The molecule has 10 nitrogen and oxygen atoms in total. The van der Waals surface area contributed by atoms with E-state index in [0.29, 0.717) is 43.8 Å².